The third-order valence-electron chi connectivity index (χ3n) is 4.67. The molecule has 5 heteroatoms. The molecule has 0 unspecified atom stereocenters. The van der Waals surface area contributed by atoms with E-state index in [1.807, 2.05) is 30.3 Å². The van der Waals surface area contributed by atoms with Gasteiger partial charge in [0, 0.05) is 12.0 Å². The molecule has 1 N–H and O–H groups in total. The zero-order chi connectivity index (χ0) is 19.6. The zero-order valence-corrected chi connectivity index (χ0v) is 15.7. The minimum absolute atomic E-state index is 0.00768. The smallest absolute Gasteiger partial charge is 0.336 e. The molecule has 144 valence electrons. The number of hydrogen-bond donors (Lipinski definition) is 1. The summed E-state index contributed by atoms with van der Waals surface area (Å²) in [5, 5.41) is 4.03. The van der Waals surface area contributed by atoms with Crippen LogP contribution in [0.2, 0.25) is 0 Å². The maximum Gasteiger partial charge on any atom is 0.336 e. The molecule has 3 rings (SSSR count). The Bertz CT molecular complexity index is 836. The molecule has 0 spiro atoms. The number of esters is 1. The van der Waals surface area contributed by atoms with Crippen LogP contribution in [0.25, 0.3) is 6.08 Å². The number of amides is 1. The van der Waals surface area contributed by atoms with Crippen LogP contribution in [0.3, 0.4) is 0 Å². The first kappa shape index (κ1) is 19.5. The van der Waals surface area contributed by atoms with E-state index in [0.29, 0.717) is 5.75 Å². The van der Waals surface area contributed by atoms with E-state index >= 15 is 0 Å². The molecule has 1 fully saturated rings. The van der Waals surface area contributed by atoms with Crippen LogP contribution in [0.1, 0.15) is 43.2 Å². The van der Waals surface area contributed by atoms with Gasteiger partial charge in [0.25, 0.3) is 0 Å². The fraction of sp³-hybridized carbons (Fsp3) is 0.261. The average molecular weight is 376 g/mol. The van der Waals surface area contributed by atoms with Crippen molar-refractivity contribution in [3.8, 4) is 5.75 Å². The van der Waals surface area contributed by atoms with Crippen molar-refractivity contribution in [2.45, 2.75) is 32.1 Å². The highest BCUT2D eigenvalue weighted by atomic mass is 16.5. The van der Waals surface area contributed by atoms with E-state index in [9.17, 15) is 9.59 Å². The molecule has 0 aromatic heterocycles. The van der Waals surface area contributed by atoms with Gasteiger partial charge >= 0.3 is 5.97 Å². The Morgan fingerprint density at radius 3 is 2.36 bits per heavy atom. The molecule has 0 radical (unpaired) electrons. The molecule has 28 heavy (non-hydrogen) atoms. The molecule has 5 nitrogen and oxygen atoms in total. The molecule has 1 saturated carbocycles. The van der Waals surface area contributed by atoms with Crippen molar-refractivity contribution in [2.75, 3.05) is 0 Å². The van der Waals surface area contributed by atoms with Crippen molar-refractivity contribution in [2.24, 2.45) is 11.0 Å². The topological polar surface area (TPSA) is 67.8 Å². The van der Waals surface area contributed by atoms with Crippen LogP contribution in [0.5, 0.6) is 5.75 Å². The van der Waals surface area contributed by atoms with Crippen molar-refractivity contribution < 1.29 is 14.3 Å². The van der Waals surface area contributed by atoms with Crippen molar-refractivity contribution in [1.82, 2.24) is 5.43 Å². The Morgan fingerprint density at radius 1 is 0.929 bits per heavy atom. The Kier molecular flexibility index (Phi) is 7.13. The number of carbonyl (C=O) groups excluding carboxylic acids is 2. The number of hydrogen-bond acceptors (Lipinski definition) is 4. The number of carbonyl (C=O) groups is 2. The molecule has 2 aromatic carbocycles. The predicted octanol–water partition coefficient (Wildman–Crippen LogP) is 4.34. The molecule has 0 heterocycles. The van der Waals surface area contributed by atoms with E-state index < -0.39 is 5.97 Å². The molecule has 0 aliphatic heterocycles. The lowest BCUT2D eigenvalue weighted by atomic mass is 9.89. The monoisotopic (exact) mass is 376 g/mol. The summed E-state index contributed by atoms with van der Waals surface area (Å²) in [6, 6.07) is 16.5. The van der Waals surface area contributed by atoms with Gasteiger partial charge in [0.05, 0.1) is 6.21 Å². The fourth-order valence-electron chi connectivity index (χ4n) is 3.13. The van der Waals surface area contributed by atoms with Gasteiger partial charge in [-0.05, 0) is 54.3 Å². The molecule has 0 saturated heterocycles. The first-order chi connectivity index (χ1) is 13.7. The van der Waals surface area contributed by atoms with E-state index in [1.165, 1.54) is 12.5 Å². The second-order valence-electron chi connectivity index (χ2n) is 6.80. The first-order valence-corrected chi connectivity index (χ1v) is 9.58. The second-order valence-corrected chi connectivity index (χ2v) is 6.80. The van der Waals surface area contributed by atoms with Gasteiger partial charge in [-0.1, -0.05) is 49.6 Å². The van der Waals surface area contributed by atoms with Crippen LogP contribution in [-0.4, -0.2) is 18.1 Å². The molecule has 1 aliphatic carbocycles. The number of hydrazone groups is 1. The summed E-state index contributed by atoms with van der Waals surface area (Å²) >= 11 is 0. The van der Waals surface area contributed by atoms with E-state index in [1.54, 1.807) is 36.6 Å². The van der Waals surface area contributed by atoms with Crippen LogP contribution < -0.4 is 10.2 Å². The third-order valence-corrected chi connectivity index (χ3v) is 4.67. The third kappa shape index (κ3) is 6.20. The zero-order valence-electron chi connectivity index (χ0n) is 15.7. The average Bonchev–Trinajstić information content (AvgIpc) is 2.75. The van der Waals surface area contributed by atoms with Gasteiger partial charge in [0.1, 0.15) is 5.75 Å². The van der Waals surface area contributed by atoms with E-state index in [4.69, 9.17) is 4.74 Å². The Hall–Kier alpha value is -3.21. The molecular weight excluding hydrogens is 352 g/mol. The van der Waals surface area contributed by atoms with Crippen LogP contribution in [0, 0.1) is 5.92 Å². The second kappa shape index (κ2) is 10.2. The van der Waals surface area contributed by atoms with Crippen LogP contribution in [0.15, 0.2) is 65.8 Å². The van der Waals surface area contributed by atoms with Gasteiger partial charge in [-0.25, -0.2) is 10.2 Å². The highest BCUT2D eigenvalue weighted by Crippen LogP contribution is 2.23. The number of rotatable bonds is 6. The summed E-state index contributed by atoms with van der Waals surface area (Å²) in [5.74, 6) is 0.0828. The number of benzene rings is 2. The van der Waals surface area contributed by atoms with Gasteiger partial charge in [-0.15, -0.1) is 0 Å². The number of ether oxygens (including phenoxy) is 1. The molecule has 0 atom stereocenters. The van der Waals surface area contributed by atoms with Crippen LogP contribution in [0.4, 0.5) is 0 Å². The van der Waals surface area contributed by atoms with Gasteiger partial charge in [-0.3, -0.25) is 4.79 Å². The Balaban J connectivity index is 1.47. The maximum atomic E-state index is 12.0. The summed E-state index contributed by atoms with van der Waals surface area (Å²) < 4.78 is 5.27. The maximum absolute atomic E-state index is 12.0. The normalized spacial score (nSPS) is 15.0. The molecule has 0 bridgehead atoms. The Morgan fingerprint density at radius 2 is 1.64 bits per heavy atom. The van der Waals surface area contributed by atoms with Crippen molar-refractivity contribution in [3.63, 3.8) is 0 Å². The summed E-state index contributed by atoms with van der Waals surface area (Å²) in [4.78, 5) is 23.9. The van der Waals surface area contributed by atoms with Crippen LogP contribution in [-0.2, 0) is 9.59 Å². The van der Waals surface area contributed by atoms with Gasteiger partial charge in [0.15, 0.2) is 0 Å². The SMILES string of the molecule is O=C(/C=C/c1ccccc1)Oc1ccc(/C=N/NC(=O)C2CCCCC2)cc1. The number of nitrogens with zero attached hydrogens (tertiary/aromatic N) is 1. The Labute approximate surface area is 165 Å². The lowest BCUT2D eigenvalue weighted by Gasteiger charge is -2.19. The highest BCUT2D eigenvalue weighted by Gasteiger charge is 2.20. The minimum Gasteiger partial charge on any atom is -0.423 e. The van der Waals surface area contributed by atoms with Crippen molar-refractivity contribution in [1.29, 1.82) is 0 Å². The van der Waals surface area contributed by atoms with Crippen molar-refractivity contribution in [3.05, 3.63) is 71.8 Å². The molecule has 1 aliphatic rings. The lowest BCUT2D eigenvalue weighted by molar-refractivity contribution is -0.129. The van der Waals surface area contributed by atoms with E-state index in [-0.39, 0.29) is 11.8 Å². The standard InChI is InChI=1S/C23H24N2O3/c26-22(16-13-18-7-3-1-4-8-18)28-21-14-11-19(12-15-21)17-24-25-23(27)20-9-5-2-6-10-20/h1,3-4,7-8,11-17,20H,2,5-6,9-10H2,(H,25,27)/b16-13+,24-17+. The molecular formula is C23H24N2O3. The van der Waals surface area contributed by atoms with E-state index in [0.717, 1.165) is 36.8 Å². The quantitative estimate of drug-likeness (QED) is 0.268. The van der Waals surface area contributed by atoms with Crippen molar-refractivity contribution >= 4 is 24.2 Å². The van der Waals surface area contributed by atoms with Gasteiger partial charge in [0.2, 0.25) is 5.91 Å². The fourth-order valence-corrected chi connectivity index (χ4v) is 3.13. The van der Waals surface area contributed by atoms with Gasteiger partial charge in [-0.2, -0.15) is 5.10 Å². The number of nitrogens with one attached hydrogen (secondary N) is 1. The first-order valence-electron chi connectivity index (χ1n) is 9.58. The highest BCUT2D eigenvalue weighted by molar-refractivity contribution is 5.89. The molecule has 2 aromatic rings. The minimum atomic E-state index is -0.440. The lowest BCUT2D eigenvalue weighted by Crippen LogP contribution is -2.28. The summed E-state index contributed by atoms with van der Waals surface area (Å²) in [7, 11) is 0. The summed E-state index contributed by atoms with van der Waals surface area (Å²) in [5.41, 5.74) is 4.36. The van der Waals surface area contributed by atoms with E-state index in [2.05, 4.69) is 10.5 Å². The molecule has 1 amide bonds. The summed E-state index contributed by atoms with van der Waals surface area (Å²) in [6.45, 7) is 0. The predicted molar refractivity (Wildman–Crippen MR) is 110 cm³/mol. The largest absolute Gasteiger partial charge is 0.423 e. The van der Waals surface area contributed by atoms with Crippen LogP contribution >= 0.6 is 0 Å². The summed E-state index contributed by atoms with van der Waals surface area (Å²) in [6.07, 6.45) is 10.0. The van der Waals surface area contributed by atoms with Gasteiger partial charge < -0.3 is 4.74 Å².